The van der Waals surface area contributed by atoms with Gasteiger partial charge < -0.3 is 15.0 Å². The number of halogens is 4. The number of alkyl halides is 2. The van der Waals surface area contributed by atoms with Crippen molar-refractivity contribution in [2.75, 3.05) is 26.4 Å². The number of hydrogen-bond acceptors (Lipinski definition) is 4. The van der Waals surface area contributed by atoms with Gasteiger partial charge in [-0.2, -0.15) is 8.78 Å². The Kier molecular flexibility index (Phi) is 10.4. The van der Waals surface area contributed by atoms with Crippen LogP contribution in [0.2, 0.25) is 0 Å². The van der Waals surface area contributed by atoms with E-state index in [1.54, 1.807) is 31.1 Å². The Balaban J connectivity index is 0.00000450. The van der Waals surface area contributed by atoms with Crippen LogP contribution in [-0.4, -0.2) is 52.3 Å². The third kappa shape index (κ3) is 7.67. The van der Waals surface area contributed by atoms with Crippen molar-refractivity contribution in [3.8, 4) is 5.75 Å². The Morgan fingerprint density at radius 2 is 1.80 bits per heavy atom. The molecule has 0 unspecified atom stereocenters. The average molecular weight is 557 g/mol. The smallest absolute Gasteiger partial charge is 0.387 e. The summed E-state index contributed by atoms with van der Waals surface area (Å²) in [4.78, 5) is 5.49. The van der Waals surface area contributed by atoms with E-state index in [1.807, 2.05) is 0 Å². The third-order valence-electron chi connectivity index (χ3n) is 3.97. The monoisotopic (exact) mass is 557 g/mol. The number of nitrogens with one attached hydrogen (secondary N) is 1. The van der Waals surface area contributed by atoms with Gasteiger partial charge in [0.05, 0.1) is 5.75 Å². The first kappa shape index (κ1) is 26.0. The van der Waals surface area contributed by atoms with Crippen LogP contribution in [0.15, 0.2) is 58.4 Å². The van der Waals surface area contributed by atoms with E-state index < -0.39 is 22.3 Å². The van der Waals surface area contributed by atoms with Gasteiger partial charge >= 0.3 is 6.61 Å². The van der Waals surface area contributed by atoms with E-state index in [1.165, 1.54) is 30.3 Å². The molecular formula is C19H23F3IN3O3S. The summed E-state index contributed by atoms with van der Waals surface area (Å²) in [6.07, 6.45) is 0. The predicted octanol–water partition coefficient (Wildman–Crippen LogP) is 3.53. The van der Waals surface area contributed by atoms with Crippen molar-refractivity contribution in [3.05, 3.63) is 59.9 Å². The molecule has 0 bridgehead atoms. The van der Waals surface area contributed by atoms with E-state index in [0.29, 0.717) is 12.5 Å². The maximum absolute atomic E-state index is 13.7. The molecule has 2 rings (SSSR count). The van der Waals surface area contributed by atoms with Crippen molar-refractivity contribution in [1.82, 2.24) is 10.2 Å². The van der Waals surface area contributed by atoms with E-state index >= 15 is 0 Å². The Morgan fingerprint density at radius 3 is 2.37 bits per heavy atom. The van der Waals surface area contributed by atoms with Gasteiger partial charge in [0.1, 0.15) is 16.5 Å². The maximum atomic E-state index is 13.7. The highest BCUT2D eigenvalue weighted by Crippen LogP contribution is 2.16. The van der Waals surface area contributed by atoms with Crippen LogP contribution in [0, 0.1) is 5.82 Å². The second-order valence-corrected chi connectivity index (χ2v) is 8.18. The van der Waals surface area contributed by atoms with Crippen molar-refractivity contribution in [2.24, 2.45) is 4.99 Å². The fourth-order valence-electron chi connectivity index (χ4n) is 2.61. The molecule has 166 valence electrons. The minimum atomic E-state index is -3.78. The summed E-state index contributed by atoms with van der Waals surface area (Å²) in [6.45, 7) is -2.45. The third-order valence-corrected chi connectivity index (χ3v) is 5.71. The zero-order valence-electron chi connectivity index (χ0n) is 16.4. The van der Waals surface area contributed by atoms with Crippen LogP contribution in [0.5, 0.6) is 5.75 Å². The molecule has 0 saturated carbocycles. The molecule has 2 aromatic rings. The number of nitrogens with zero attached hydrogens (tertiary/aromatic N) is 2. The lowest BCUT2D eigenvalue weighted by Crippen LogP contribution is -2.40. The van der Waals surface area contributed by atoms with Crippen LogP contribution in [0.3, 0.4) is 0 Å². The van der Waals surface area contributed by atoms with Gasteiger partial charge in [-0.3, -0.25) is 4.99 Å². The number of hydrogen-bond donors (Lipinski definition) is 1. The molecule has 0 fully saturated rings. The summed E-state index contributed by atoms with van der Waals surface area (Å²) in [7, 11) is -0.495. The molecular weight excluding hydrogens is 534 g/mol. The van der Waals surface area contributed by atoms with Gasteiger partial charge in [-0.1, -0.05) is 24.3 Å². The van der Waals surface area contributed by atoms with Crippen LogP contribution in [0.4, 0.5) is 13.2 Å². The van der Waals surface area contributed by atoms with Crippen molar-refractivity contribution in [1.29, 1.82) is 0 Å². The van der Waals surface area contributed by atoms with E-state index in [4.69, 9.17) is 0 Å². The first-order valence-corrected chi connectivity index (χ1v) is 10.3. The highest BCUT2D eigenvalue weighted by molar-refractivity contribution is 14.0. The van der Waals surface area contributed by atoms with E-state index in [0.717, 1.165) is 11.6 Å². The highest BCUT2D eigenvalue weighted by atomic mass is 127. The molecule has 0 saturated heterocycles. The molecule has 6 nitrogen and oxygen atoms in total. The lowest BCUT2D eigenvalue weighted by atomic mass is 10.2. The normalized spacial score (nSPS) is 11.7. The van der Waals surface area contributed by atoms with E-state index in [9.17, 15) is 21.6 Å². The number of sulfone groups is 1. The number of rotatable bonds is 8. The lowest BCUT2D eigenvalue weighted by molar-refractivity contribution is -0.0498. The molecule has 0 amide bonds. The van der Waals surface area contributed by atoms with Gasteiger partial charge in [0.2, 0.25) is 0 Å². The zero-order valence-corrected chi connectivity index (χ0v) is 19.5. The Labute approximate surface area is 191 Å². The summed E-state index contributed by atoms with van der Waals surface area (Å²) in [6, 6.07) is 11.4. The molecule has 2 aromatic carbocycles. The van der Waals surface area contributed by atoms with Crippen molar-refractivity contribution in [3.63, 3.8) is 0 Å². The molecule has 11 heteroatoms. The number of ether oxygens (including phenoxy) is 1. The van der Waals surface area contributed by atoms with Gasteiger partial charge in [-0.15, -0.1) is 24.0 Å². The summed E-state index contributed by atoms with van der Waals surface area (Å²) in [5, 5.41) is 2.92. The maximum Gasteiger partial charge on any atom is 0.387 e. The van der Waals surface area contributed by atoms with Crippen LogP contribution in [-0.2, 0) is 16.4 Å². The van der Waals surface area contributed by atoms with Gasteiger partial charge in [0.25, 0.3) is 0 Å². The lowest BCUT2D eigenvalue weighted by Gasteiger charge is -2.22. The van der Waals surface area contributed by atoms with Crippen molar-refractivity contribution in [2.45, 2.75) is 18.1 Å². The Morgan fingerprint density at radius 1 is 1.17 bits per heavy atom. The molecule has 0 aliphatic carbocycles. The number of aliphatic imine (C=N–C) groups is 1. The van der Waals surface area contributed by atoms with Crippen molar-refractivity contribution >= 4 is 39.8 Å². The van der Waals surface area contributed by atoms with Crippen LogP contribution < -0.4 is 10.1 Å². The van der Waals surface area contributed by atoms with E-state index in [2.05, 4.69) is 15.0 Å². The fraction of sp³-hybridized carbons (Fsp3) is 0.316. The van der Waals surface area contributed by atoms with Gasteiger partial charge in [0.15, 0.2) is 15.8 Å². The molecule has 0 aliphatic heterocycles. The molecule has 0 spiro atoms. The number of guanidine groups is 1. The van der Waals surface area contributed by atoms with E-state index in [-0.39, 0.29) is 46.9 Å². The topological polar surface area (TPSA) is 71.0 Å². The molecule has 0 atom stereocenters. The largest absolute Gasteiger partial charge is 0.435 e. The molecule has 0 aromatic heterocycles. The van der Waals surface area contributed by atoms with Crippen LogP contribution >= 0.6 is 24.0 Å². The minimum absolute atomic E-state index is 0. The summed E-state index contributed by atoms with van der Waals surface area (Å²) in [5.41, 5.74) is 0.816. The molecule has 0 radical (unpaired) electrons. The quantitative estimate of drug-likeness (QED) is 0.306. The molecule has 0 heterocycles. The standard InChI is InChI=1S/C19H22F3N3O3S.HI/c1-23-19(24-11-12-29(26,27)17-6-4-3-5-16(17)20)25(2)13-14-7-9-15(10-8-14)28-18(21)22;/h3-10,18H,11-13H2,1-2H3,(H,23,24);1H. The second-order valence-electron chi connectivity index (χ2n) is 6.10. The zero-order chi connectivity index (χ0) is 21.4. The van der Waals surface area contributed by atoms with Crippen LogP contribution in [0.25, 0.3) is 0 Å². The first-order chi connectivity index (χ1) is 13.7. The van der Waals surface area contributed by atoms with Gasteiger partial charge in [0, 0.05) is 27.2 Å². The first-order valence-electron chi connectivity index (χ1n) is 8.66. The summed E-state index contributed by atoms with van der Waals surface area (Å²) >= 11 is 0. The second kappa shape index (κ2) is 12.0. The SMILES string of the molecule is CN=C(NCCS(=O)(=O)c1ccccc1F)N(C)Cc1ccc(OC(F)F)cc1.I. The predicted molar refractivity (Wildman–Crippen MR) is 120 cm³/mol. The average Bonchev–Trinajstić information content (AvgIpc) is 2.66. The van der Waals surface area contributed by atoms with Gasteiger partial charge in [-0.05, 0) is 29.8 Å². The van der Waals surface area contributed by atoms with Gasteiger partial charge in [-0.25, -0.2) is 12.8 Å². The Bertz CT molecular complexity index is 942. The summed E-state index contributed by atoms with van der Waals surface area (Å²) in [5.74, 6) is -0.595. The molecule has 0 aliphatic rings. The minimum Gasteiger partial charge on any atom is -0.435 e. The Hall–Kier alpha value is -2.02. The van der Waals surface area contributed by atoms with Crippen molar-refractivity contribution < 1.29 is 26.3 Å². The fourth-order valence-corrected chi connectivity index (χ4v) is 3.86. The van der Waals surface area contributed by atoms with Crippen LogP contribution in [0.1, 0.15) is 5.56 Å². The molecule has 30 heavy (non-hydrogen) atoms. The molecule has 1 N–H and O–H groups in total. The summed E-state index contributed by atoms with van der Waals surface area (Å²) < 4.78 is 67.0. The number of benzene rings is 2. The highest BCUT2D eigenvalue weighted by Gasteiger charge is 2.19.